The number of benzene rings is 2. The fraction of sp³-hybridized carbons (Fsp3) is 0.423. The van der Waals surface area contributed by atoms with Gasteiger partial charge in [-0.1, -0.05) is 32.9 Å². The Hall–Kier alpha value is -3.15. The van der Waals surface area contributed by atoms with E-state index in [0.29, 0.717) is 24.8 Å². The van der Waals surface area contributed by atoms with Gasteiger partial charge in [0.2, 0.25) is 0 Å². The van der Waals surface area contributed by atoms with Gasteiger partial charge in [0.05, 0.1) is 30.1 Å². The summed E-state index contributed by atoms with van der Waals surface area (Å²) in [7, 11) is 0. The van der Waals surface area contributed by atoms with Crippen LogP contribution >= 0.6 is 0 Å². The lowest BCUT2D eigenvalue weighted by molar-refractivity contribution is 0.118. The second kappa shape index (κ2) is 8.77. The first-order valence-corrected chi connectivity index (χ1v) is 11.3. The van der Waals surface area contributed by atoms with E-state index in [1.165, 1.54) is 12.8 Å². The number of fused-ring (bicyclic) bond motifs is 1. The van der Waals surface area contributed by atoms with Crippen molar-refractivity contribution in [2.45, 2.75) is 47.1 Å². The number of amides is 1. The number of ether oxygens (including phenoxy) is 2. The standard InChI is InChI=1S/C26H33N3O3/c1-5-31-20-12-13-21-22(14-20)29(15-17-6-7-17)24(23(21)27)18-8-10-19(11-9-18)28-25(30)32-16-26(2,3)4/h8-14,17H,5-7,15-16,27H2,1-4H3,(H,28,30). The van der Waals surface area contributed by atoms with E-state index in [1.54, 1.807) is 0 Å². The van der Waals surface area contributed by atoms with Crippen molar-refractivity contribution >= 4 is 28.4 Å². The van der Waals surface area contributed by atoms with Crippen LogP contribution in [0.5, 0.6) is 5.75 Å². The van der Waals surface area contributed by atoms with Gasteiger partial charge in [-0.25, -0.2) is 4.79 Å². The van der Waals surface area contributed by atoms with Crippen LogP contribution in [0.4, 0.5) is 16.2 Å². The molecule has 2 aromatic carbocycles. The van der Waals surface area contributed by atoms with Crippen LogP contribution in [-0.2, 0) is 11.3 Å². The van der Waals surface area contributed by atoms with E-state index in [9.17, 15) is 4.79 Å². The van der Waals surface area contributed by atoms with Crippen molar-refractivity contribution in [2.24, 2.45) is 11.3 Å². The third kappa shape index (κ3) is 5.01. The van der Waals surface area contributed by atoms with Gasteiger partial charge in [0.1, 0.15) is 5.75 Å². The van der Waals surface area contributed by atoms with Gasteiger partial charge >= 0.3 is 6.09 Å². The lowest BCUT2D eigenvalue weighted by Crippen LogP contribution is -2.21. The average Bonchev–Trinajstić information content (AvgIpc) is 3.52. The van der Waals surface area contributed by atoms with Crippen LogP contribution in [0.2, 0.25) is 0 Å². The fourth-order valence-electron chi connectivity index (χ4n) is 3.82. The zero-order valence-corrected chi connectivity index (χ0v) is 19.4. The summed E-state index contributed by atoms with van der Waals surface area (Å²) in [6, 6.07) is 13.9. The number of anilines is 2. The zero-order chi connectivity index (χ0) is 22.9. The monoisotopic (exact) mass is 435 g/mol. The normalized spacial score (nSPS) is 13.9. The van der Waals surface area contributed by atoms with E-state index in [0.717, 1.165) is 40.1 Å². The van der Waals surface area contributed by atoms with Crippen LogP contribution in [0, 0.1) is 11.3 Å². The number of rotatable bonds is 7. The van der Waals surface area contributed by atoms with Crippen LogP contribution in [-0.4, -0.2) is 23.9 Å². The minimum Gasteiger partial charge on any atom is -0.494 e. The molecule has 3 N–H and O–H groups in total. The molecule has 1 aliphatic carbocycles. The van der Waals surface area contributed by atoms with Gasteiger partial charge in [0, 0.05) is 29.2 Å². The summed E-state index contributed by atoms with van der Waals surface area (Å²) in [4.78, 5) is 12.1. The number of hydrogen-bond acceptors (Lipinski definition) is 4. The summed E-state index contributed by atoms with van der Waals surface area (Å²) in [5.74, 6) is 1.55. The van der Waals surface area contributed by atoms with Crippen molar-refractivity contribution in [3.63, 3.8) is 0 Å². The average molecular weight is 436 g/mol. The molecule has 0 saturated heterocycles. The summed E-state index contributed by atoms with van der Waals surface area (Å²) in [5.41, 5.74) is 11.2. The van der Waals surface area contributed by atoms with Gasteiger partial charge in [-0.15, -0.1) is 0 Å². The molecule has 1 fully saturated rings. The number of hydrogen-bond donors (Lipinski definition) is 2. The van der Waals surface area contributed by atoms with Gasteiger partial charge in [0.25, 0.3) is 0 Å². The minimum absolute atomic E-state index is 0.0737. The molecule has 1 aromatic heterocycles. The third-order valence-electron chi connectivity index (χ3n) is 5.56. The maximum atomic E-state index is 12.1. The van der Waals surface area contributed by atoms with Crippen molar-refractivity contribution in [3.8, 4) is 17.0 Å². The highest BCUT2D eigenvalue weighted by Gasteiger charge is 2.26. The number of carbonyl (C=O) groups excluding carboxylic acids is 1. The van der Waals surface area contributed by atoms with E-state index in [2.05, 4.69) is 16.0 Å². The first kappa shape index (κ1) is 22.1. The molecule has 0 spiro atoms. The lowest BCUT2D eigenvalue weighted by atomic mass is 9.99. The Balaban J connectivity index is 1.62. The predicted octanol–water partition coefficient (Wildman–Crippen LogP) is 6.29. The maximum absolute atomic E-state index is 12.1. The Morgan fingerprint density at radius 1 is 1.16 bits per heavy atom. The van der Waals surface area contributed by atoms with E-state index in [-0.39, 0.29) is 5.41 Å². The Morgan fingerprint density at radius 2 is 1.88 bits per heavy atom. The maximum Gasteiger partial charge on any atom is 0.411 e. The van der Waals surface area contributed by atoms with Crippen molar-refractivity contribution in [1.82, 2.24) is 4.57 Å². The summed E-state index contributed by atoms with van der Waals surface area (Å²) in [5, 5.41) is 3.84. The first-order chi connectivity index (χ1) is 15.2. The van der Waals surface area contributed by atoms with E-state index < -0.39 is 6.09 Å². The second-order valence-electron chi connectivity index (χ2n) is 9.77. The molecular formula is C26H33N3O3. The third-order valence-corrected chi connectivity index (χ3v) is 5.56. The van der Waals surface area contributed by atoms with Crippen LogP contribution in [0.15, 0.2) is 42.5 Å². The van der Waals surface area contributed by atoms with E-state index in [4.69, 9.17) is 15.2 Å². The molecule has 6 heteroatoms. The Kier molecular flexibility index (Phi) is 6.04. The SMILES string of the molecule is CCOc1ccc2c(N)c(-c3ccc(NC(=O)OCC(C)(C)C)cc3)n(CC3CC3)c2c1. The highest BCUT2D eigenvalue weighted by atomic mass is 16.5. The largest absolute Gasteiger partial charge is 0.494 e. The minimum atomic E-state index is -0.446. The number of aromatic nitrogens is 1. The zero-order valence-electron chi connectivity index (χ0n) is 19.4. The number of nitrogens with one attached hydrogen (secondary N) is 1. The molecule has 170 valence electrons. The molecule has 0 bridgehead atoms. The summed E-state index contributed by atoms with van der Waals surface area (Å²) in [6.45, 7) is 9.99. The molecule has 1 saturated carbocycles. The number of nitrogen functional groups attached to an aromatic ring is 1. The van der Waals surface area contributed by atoms with Gasteiger partial charge in [-0.05, 0) is 55.4 Å². The number of carbonyl (C=O) groups is 1. The van der Waals surface area contributed by atoms with Crippen LogP contribution < -0.4 is 15.8 Å². The molecule has 3 aromatic rings. The van der Waals surface area contributed by atoms with E-state index in [1.807, 2.05) is 64.1 Å². The first-order valence-electron chi connectivity index (χ1n) is 11.3. The number of nitrogens with zero attached hydrogens (tertiary/aromatic N) is 1. The molecule has 1 heterocycles. The van der Waals surface area contributed by atoms with Crippen molar-refractivity contribution in [3.05, 3.63) is 42.5 Å². The molecule has 32 heavy (non-hydrogen) atoms. The van der Waals surface area contributed by atoms with E-state index >= 15 is 0 Å². The van der Waals surface area contributed by atoms with Crippen LogP contribution in [0.3, 0.4) is 0 Å². The molecule has 0 aliphatic heterocycles. The summed E-state index contributed by atoms with van der Waals surface area (Å²) < 4.78 is 13.4. The highest BCUT2D eigenvalue weighted by molar-refractivity contribution is 6.01. The quantitative estimate of drug-likeness (QED) is 0.457. The molecule has 1 amide bonds. The van der Waals surface area contributed by atoms with Crippen molar-refractivity contribution in [1.29, 1.82) is 0 Å². The Bertz CT molecular complexity index is 1110. The highest BCUT2D eigenvalue weighted by Crippen LogP contribution is 2.41. The molecule has 4 rings (SSSR count). The summed E-state index contributed by atoms with van der Waals surface area (Å²) >= 11 is 0. The van der Waals surface area contributed by atoms with Gasteiger partial charge in [0.15, 0.2) is 0 Å². The van der Waals surface area contributed by atoms with Crippen LogP contribution in [0.25, 0.3) is 22.2 Å². The smallest absolute Gasteiger partial charge is 0.411 e. The molecule has 0 unspecified atom stereocenters. The van der Waals surface area contributed by atoms with Crippen LogP contribution in [0.1, 0.15) is 40.5 Å². The summed E-state index contributed by atoms with van der Waals surface area (Å²) in [6.07, 6.45) is 2.06. The molecule has 1 aliphatic rings. The molecule has 0 radical (unpaired) electrons. The predicted molar refractivity (Wildman–Crippen MR) is 130 cm³/mol. The molecule has 0 atom stereocenters. The van der Waals surface area contributed by atoms with Gasteiger partial charge in [-0.3, -0.25) is 5.32 Å². The Labute approximate surface area is 189 Å². The van der Waals surface area contributed by atoms with Gasteiger partial charge in [-0.2, -0.15) is 0 Å². The molecular weight excluding hydrogens is 402 g/mol. The van der Waals surface area contributed by atoms with Crippen molar-refractivity contribution < 1.29 is 14.3 Å². The lowest BCUT2D eigenvalue weighted by Gasteiger charge is -2.18. The van der Waals surface area contributed by atoms with Crippen molar-refractivity contribution in [2.75, 3.05) is 24.3 Å². The second-order valence-corrected chi connectivity index (χ2v) is 9.77. The molecule has 6 nitrogen and oxygen atoms in total. The Morgan fingerprint density at radius 3 is 2.50 bits per heavy atom. The number of nitrogens with two attached hydrogens (primary N) is 1. The fourth-order valence-corrected chi connectivity index (χ4v) is 3.82. The van der Waals surface area contributed by atoms with Gasteiger partial charge < -0.3 is 19.8 Å². The topological polar surface area (TPSA) is 78.5 Å².